The third kappa shape index (κ3) is 5.21. The van der Waals surface area contributed by atoms with Crippen LogP contribution in [0, 0.1) is 0 Å². The molecule has 3 aromatic rings. The first-order chi connectivity index (χ1) is 17.5. The van der Waals surface area contributed by atoms with Crippen LogP contribution >= 0.6 is 0 Å². The topological polar surface area (TPSA) is 66.4 Å². The largest absolute Gasteiger partial charge is 0.497 e. The number of hydrogen-bond acceptors (Lipinski definition) is 6. The number of anilines is 1. The highest BCUT2D eigenvalue weighted by Crippen LogP contribution is 2.39. The highest BCUT2D eigenvalue weighted by Gasteiger charge is 2.27. The van der Waals surface area contributed by atoms with Gasteiger partial charge >= 0.3 is 0 Å². The Morgan fingerprint density at radius 1 is 1.00 bits per heavy atom. The fourth-order valence-electron chi connectivity index (χ4n) is 4.63. The molecule has 1 fully saturated rings. The summed E-state index contributed by atoms with van der Waals surface area (Å²) < 4.78 is 11.5. The first-order valence-corrected chi connectivity index (χ1v) is 12.4. The van der Waals surface area contributed by atoms with Gasteiger partial charge in [-0.1, -0.05) is 24.3 Å². The number of aliphatic imine (C=N–C) groups is 1. The van der Waals surface area contributed by atoms with E-state index in [1.165, 1.54) is 0 Å². The molecule has 5 rings (SSSR count). The number of carbonyl (C=O) groups excluding carboxylic acids is 1. The minimum atomic E-state index is -0.0815. The number of rotatable bonds is 5. The molecule has 1 saturated heterocycles. The minimum Gasteiger partial charge on any atom is -0.497 e. The van der Waals surface area contributed by atoms with E-state index < -0.39 is 0 Å². The van der Waals surface area contributed by atoms with Crippen molar-refractivity contribution in [2.45, 2.75) is 26.3 Å². The molecule has 7 nitrogen and oxygen atoms in total. The van der Waals surface area contributed by atoms with Gasteiger partial charge in [-0.15, -0.1) is 0 Å². The molecule has 0 aliphatic carbocycles. The Kier molecular flexibility index (Phi) is 6.91. The van der Waals surface area contributed by atoms with E-state index in [0.717, 1.165) is 71.8 Å². The Morgan fingerprint density at radius 2 is 1.75 bits per heavy atom. The van der Waals surface area contributed by atoms with Crippen molar-refractivity contribution in [2.75, 3.05) is 38.6 Å². The molecule has 2 aliphatic rings. The van der Waals surface area contributed by atoms with Gasteiger partial charge in [0.25, 0.3) is 0 Å². The molecular formula is C29H32N4O3. The molecular weight excluding hydrogens is 452 g/mol. The van der Waals surface area contributed by atoms with Gasteiger partial charge in [-0.25, -0.2) is 4.99 Å². The van der Waals surface area contributed by atoms with Crippen LogP contribution in [0.2, 0.25) is 0 Å². The van der Waals surface area contributed by atoms with E-state index in [9.17, 15) is 4.79 Å². The fraction of sp³-hybridized carbons (Fsp3) is 0.310. The second-order valence-corrected chi connectivity index (χ2v) is 9.41. The summed E-state index contributed by atoms with van der Waals surface area (Å²) in [6.07, 6.45) is 0.279. The number of amidine groups is 1. The summed E-state index contributed by atoms with van der Waals surface area (Å²) in [6, 6.07) is 21.7. The van der Waals surface area contributed by atoms with Crippen LogP contribution < -0.4 is 14.8 Å². The Morgan fingerprint density at radius 3 is 2.47 bits per heavy atom. The maximum Gasteiger partial charge on any atom is 0.228 e. The van der Waals surface area contributed by atoms with E-state index in [1.54, 1.807) is 7.11 Å². The molecule has 1 amide bonds. The molecule has 2 aliphatic heterocycles. The number of benzene rings is 3. The number of fused-ring (bicyclic) bond motifs is 2. The van der Waals surface area contributed by atoms with Crippen LogP contribution in [0.5, 0.6) is 17.2 Å². The SMILES string of the molecule is COc1ccc(CC(=O)Nc2ccc3c(c2)C(N2CCN(C(C)C)CC2)=Nc2ccccc2O3)cc1. The van der Waals surface area contributed by atoms with Crippen molar-refractivity contribution in [1.82, 2.24) is 9.80 Å². The zero-order valence-corrected chi connectivity index (χ0v) is 21.0. The number of amides is 1. The molecule has 0 bridgehead atoms. The van der Waals surface area contributed by atoms with Gasteiger partial charge in [-0.05, 0) is 61.9 Å². The number of nitrogens with one attached hydrogen (secondary N) is 1. The van der Waals surface area contributed by atoms with Crippen LogP contribution in [-0.2, 0) is 11.2 Å². The van der Waals surface area contributed by atoms with Gasteiger partial charge in [0.15, 0.2) is 5.75 Å². The molecule has 0 saturated carbocycles. The van der Waals surface area contributed by atoms with Gasteiger partial charge < -0.3 is 19.7 Å². The van der Waals surface area contributed by atoms with Crippen LogP contribution in [0.25, 0.3) is 0 Å². The van der Waals surface area contributed by atoms with Crippen LogP contribution in [-0.4, -0.2) is 60.9 Å². The van der Waals surface area contributed by atoms with Crippen molar-refractivity contribution >= 4 is 23.1 Å². The average Bonchev–Trinajstić information content (AvgIpc) is 3.06. The van der Waals surface area contributed by atoms with E-state index in [0.29, 0.717) is 6.04 Å². The lowest BCUT2D eigenvalue weighted by Crippen LogP contribution is -2.50. The first kappa shape index (κ1) is 23.9. The molecule has 3 aromatic carbocycles. The smallest absolute Gasteiger partial charge is 0.228 e. The first-order valence-electron chi connectivity index (χ1n) is 12.4. The van der Waals surface area contributed by atoms with Crippen molar-refractivity contribution < 1.29 is 14.3 Å². The highest BCUT2D eigenvalue weighted by atomic mass is 16.5. The van der Waals surface area contributed by atoms with Crippen LogP contribution in [0.15, 0.2) is 71.7 Å². The molecule has 7 heteroatoms. The monoisotopic (exact) mass is 484 g/mol. The molecule has 2 heterocycles. The third-order valence-electron chi connectivity index (χ3n) is 6.68. The van der Waals surface area contributed by atoms with Crippen LogP contribution in [0.3, 0.4) is 0 Å². The predicted octanol–water partition coefficient (Wildman–Crippen LogP) is 5.09. The van der Waals surface area contributed by atoms with Gasteiger partial charge in [-0.3, -0.25) is 9.69 Å². The van der Waals surface area contributed by atoms with Crippen LogP contribution in [0.1, 0.15) is 25.0 Å². The van der Waals surface area contributed by atoms with Gasteiger partial charge in [0.2, 0.25) is 5.91 Å². The standard InChI is InChI=1S/C29H32N4O3/c1-20(2)32-14-16-33(17-15-32)29-24-19-22(30-28(34)18-21-8-11-23(35-3)12-9-21)10-13-26(24)36-27-7-5-4-6-25(27)31-29/h4-13,19-20H,14-18H2,1-3H3,(H,30,34). The molecule has 0 spiro atoms. The summed E-state index contributed by atoms with van der Waals surface area (Å²) in [4.78, 5) is 22.7. The molecule has 0 aromatic heterocycles. The Balaban J connectivity index is 1.41. The second-order valence-electron chi connectivity index (χ2n) is 9.41. The summed E-state index contributed by atoms with van der Waals surface area (Å²) in [5.41, 5.74) is 3.33. The number of para-hydroxylation sites is 2. The second kappa shape index (κ2) is 10.4. The van der Waals surface area contributed by atoms with Crippen molar-refractivity contribution in [3.8, 4) is 17.2 Å². The van der Waals surface area contributed by atoms with E-state index in [1.807, 2.05) is 66.7 Å². The van der Waals surface area contributed by atoms with E-state index in [2.05, 4.69) is 29.0 Å². The van der Waals surface area contributed by atoms with Gasteiger partial charge in [-0.2, -0.15) is 0 Å². The Bertz CT molecular complexity index is 1260. The van der Waals surface area contributed by atoms with Gasteiger partial charge in [0.05, 0.1) is 19.1 Å². The molecule has 36 heavy (non-hydrogen) atoms. The van der Waals surface area contributed by atoms with E-state index in [-0.39, 0.29) is 12.3 Å². The lowest BCUT2D eigenvalue weighted by atomic mass is 10.1. The lowest BCUT2D eigenvalue weighted by molar-refractivity contribution is -0.115. The highest BCUT2D eigenvalue weighted by molar-refractivity contribution is 6.05. The maximum atomic E-state index is 12.8. The normalized spacial score (nSPS) is 15.3. The summed E-state index contributed by atoms with van der Waals surface area (Å²) >= 11 is 0. The Labute approximate surface area is 212 Å². The number of nitrogens with zero attached hydrogens (tertiary/aromatic N) is 3. The van der Waals surface area contributed by atoms with E-state index >= 15 is 0 Å². The van der Waals surface area contributed by atoms with E-state index in [4.69, 9.17) is 14.5 Å². The molecule has 186 valence electrons. The average molecular weight is 485 g/mol. The minimum absolute atomic E-state index is 0.0815. The lowest BCUT2D eigenvalue weighted by Gasteiger charge is -2.38. The van der Waals surface area contributed by atoms with Crippen molar-refractivity contribution in [1.29, 1.82) is 0 Å². The van der Waals surface area contributed by atoms with Crippen molar-refractivity contribution in [3.05, 3.63) is 77.9 Å². The maximum absolute atomic E-state index is 12.8. The number of methoxy groups -OCH3 is 1. The van der Waals surface area contributed by atoms with Gasteiger partial charge in [0, 0.05) is 37.9 Å². The molecule has 0 radical (unpaired) electrons. The summed E-state index contributed by atoms with van der Waals surface area (Å²) in [5.74, 6) is 3.03. The fourth-order valence-corrected chi connectivity index (χ4v) is 4.63. The van der Waals surface area contributed by atoms with Gasteiger partial charge in [0.1, 0.15) is 23.0 Å². The number of carbonyl (C=O) groups is 1. The molecule has 0 atom stereocenters. The zero-order valence-electron chi connectivity index (χ0n) is 21.0. The van der Waals surface area contributed by atoms with Crippen molar-refractivity contribution in [3.63, 3.8) is 0 Å². The predicted molar refractivity (Wildman–Crippen MR) is 143 cm³/mol. The molecule has 0 unspecified atom stereocenters. The van der Waals surface area contributed by atoms with Crippen molar-refractivity contribution in [2.24, 2.45) is 4.99 Å². The summed E-state index contributed by atoms with van der Waals surface area (Å²) in [7, 11) is 1.63. The number of hydrogen-bond donors (Lipinski definition) is 1. The number of piperazine rings is 1. The number of ether oxygens (including phenoxy) is 2. The molecule has 1 N–H and O–H groups in total. The third-order valence-corrected chi connectivity index (χ3v) is 6.68. The van der Waals surface area contributed by atoms with Crippen LogP contribution in [0.4, 0.5) is 11.4 Å². The summed E-state index contributed by atoms with van der Waals surface area (Å²) in [6.45, 7) is 8.19. The quantitative estimate of drug-likeness (QED) is 0.547. The summed E-state index contributed by atoms with van der Waals surface area (Å²) in [5, 5.41) is 3.05. The Hall–Kier alpha value is -3.84. The zero-order chi connectivity index (χ0) is 25.1.